The van der Waals surface area contributed by atoms with E-state index in [1.165, 1.54) is 70.0 Å². The summed E-state index contributed by atoms with van der Waals surface area (Å²) in [6.45, 7) is 2.45. The SMILES string of the molecule is c1ccc(Cc2cn(C3CCN(C4CCCCCC4)CC3)nn2)cc1. The lowest BCUT2D eigenvalue weighted by atomic mass is 10.00. The van der Waals surface area contributed by atoms with Crippen molar-refractivity contribution < 1.29 is 0 Å². The standard InChI is InChI=1S/C21H30N4/c1-2-7-11-20(10-6-1)24-14-12-21(13-15-24)25-17-19(22-23-25)16-18-8-4-3-5-9-18/h3-5,8-9,17,20-21H,1-2,6-7,10-16H2. The van der Waals surface area contributed by atoms with E-state index in [0.29, 0.717) is 6.04 Å². The van der Waals surface area contributed by atoms with Crippen LogP contribution in [-0.4, -0.2) is 39.0 Å². The van der Waals surface area contributed by atoms with Crippen LogP contribution in [0.5, 0.6) is 0 Å². The van der Waals surface area contributed by atoms with E-state index in [1.807, 2.05) is 0 Å². The first-order chi connectivity index (χ1) is 12.4. The molecular formula is C21H30N4. The van der Waals surface area contributed by atoms with Crippen LogP contribution >= 0.6 is 0 Å². The van der Waals surface area contributed by atoms with Gasteiger partial charge < -0.3 is 4.90 Å². The summed E-state index contributed by atoms with van der Waals surface area (Å²) in [6, 6.07) is 11.9. The first kappa shape index (κ1) is 16.8. The highest BCUT2D eigenvalue weighted by Gasteiger charge is 2.26. The predicted octanol–water partition coefficient (Wildman–Crippen LogP) is 4.23. The van der Waals surface area contributed by atoms with E-state index >= 15 is 0 Å². The quantitative estimate of drug-likeness (QED) is 0.782. The van der Waals surface area contributed by atoms with E-state index < -0.39 is 0 Å². The van der Waals surface area contributed by atoms with Gasteiger partial charge in [0.1, 0.15) is 0 Å². The molecule has 25 heavy (non-hydrogen) atoms. The fraction of sp³-hybridized carbons (Fsp3) is 0.619. The molecule has 1 aliphatic carbocycles. The van der Waals surface area contributed by atoms with Gasteiger partial charge in [0.2, 0.25) is 0 Å². The first-order valence-electron chi connectivity index (χ1n) is 10.1. The molecule has 1 saturated carbocycles. The van der Waals surface area contributed by atoms with Crippen LogP contribution in [-0.2, 0) is 6.42 Å². The summed E-state index contributed by atoms with van der Waals surface area (Å²) in [5.41, 5.74) is 2.38. The molecule has 134 valence electrons. The summed E-state index contributed by atoms with van der Waals surface area (Å²) < 4.78 is 2.13. The second kappa shape index (κ2) is 8.13. The molecule has 0 spiro atoms. The van der Waals surface area contributed by atoms with Gasteiger partial charge in [-0.2, -0.15) is 0 Å². The molecule has 0 radical (unpaired) electrons. The molecule has 1 aromatic carbocycles. The summed E-state index contributed by atoms with van der Waals surface area (Å²) in [6.07, 6.45) is 14.0. The Hall–Kier alpha value is -1.68. The molecule has 4 rings (SSSR count). The minimum Gasteiger partial charge on any atom is -0.300 e. The van der Waals surface area contributed by atoms with Crippen molar-refractivity contribution in [3.63, 3.8) is 0 Å². The molecule has 1 aliphatic heterocycles. The number of piperidine rings is 1. The third-order valence-electron chi connectivity index (χ3n) is 6.00. The molecule has 4 heteroatoms. The van der Waals surface area contributed by atoms with Crippen LogP contribution < -0.4 is 0 Å². The summed E-state index contributed by atoms with van der Waals surface area (Å²) >= 11 is 0. The Bertz CT molecular complexity index is 635. The molecule has 0 amide bonds. The summed E-state index contributed by atoms with van der Waals surface area (Å²) in [7, 11) is 0. The molecule has 1 saturated heterocycles. The summed E-state index contributed by atoms with van der Waals surface area (Å²) in [5.74, 6) is 0. The minimum atomic E-state index is 0.527. The van der Waals surface area contributed by atoms with E-state index in [4.69, 9.17) is 0 Å². The number of hydrogen-bond donors (Lipinski definition) is 0. The maximum Gasteiger partial charge on any atom is 0.0870 e. The molecule has 1 aromatic heterocycles. The summed E-state index contributed by atoms with van der Waals surface area (Å²) in [5, 5.41) is 8.84. The van der Waals surface area contributed by atoms with E-state index in [0.717, 1.165) is 18.2 Å². The van der Waals surface area contributed by atoms with Crippen molar-refractivity contribution in [3.8, 4) is 0 Å². The second-order valence-electron chi connectivity index (χ2n) is 7.76. The lowest BCUT2D eigenvalue weighted by Gasteiger charge is -2.37. The van der Waals surface area contributed by atoms with Crippen molar-refractivity contribution in [2.75, 3.05) is 13.1 Å². The van der Waals surface area contributed by atoms with Crippen molar-refractivity contribution in [1.82, 2.24) is 19.9 Å². The van der Waals surface area contributed by atoms with Gasteiger partial charge in [0, 0.05) is 31.7 Å². The third kappa shape index (κ3) is 4.30. The number of aromatic nitrogens is 3. The van der Waals surface area contributed by atoms with E-state index in [1.54, 1.807) is 0 Å². The van der Waals surface area contributed by atoms with Crippen molar-refractivity contribution >= 4 is 0 Å². The largest absolute Gasteiger partial charge is 0.300 e. The zero-order valence-electron chi connectivity index (χ0n) is 15.2. The van der Waals surface area contributed by atoms with Crippen molar-refractivity contribution in [1.29, 1.82) is 0 Å². The maximum atomic E-state index is 4.44. The van der Waals surface area contributed by atoms with Crippen molar-refractivity contribution in [2.24, 2.45) is 0 Å². The van der Waals surface area contributed by atoms with Crippen LogP contribution in [0.2, 0.25) is 0 Å². The Balaban J connectivity index is 1.32. The Morgan fingerprint density at radius 3 is 2.28 bits per heavy atom. The number of rotatable bonds is 4. The van der Waals surface area contributed by atoms with E-state index in [-0.39, 0.29) is 0 Å². The highest BCUT2D eigenvalue weighted by molar-refractivity contribution is 5.19. The molecule has 2 aliphatic rings. The number of benzene rings is 1. The molecule has 2 heterocycles. The van der Waals surface area contributed by atoms with E-state index in [2.05, 4.69) is 56.4 Å². The van der Waals surface area contributed by atoms with Crippen molar-refractivity contribution in [3.05, 3.63) is 47.8 Å². The maximum absolute atomic E-state index is 4.44. The monoisotopic (exact) mass is 338 g/mol. The zero-order valence-corrected chi connectivity index (χ0v) is 15.2. The Morgan fingerprint density at radius 1 is 0.840 bits per heavy atom. The highest BCUT2D eigenvalue weighted by Crippen LogP contribution is 2.28. The van der Waals surface area contributed by atoms with Crippen molar-refractivity contribution in [2.45, 2.75) is 69.9 Å². The van der Waals surface area contributed by atoms with Gasteiger partial charge in [-0.25, -0.2) is 4.68 Å². The lowest BCUT2D eigenvalue weighted by Crippen LogP contribution is -2.41. The zero-order chi connectivity index (χ0) is 16.9. The van der Waals surface area contributed by atoms with Gasteiger partial charge >= 0.3 is 0 Å². The molecule has 2 fully saturated rings. The van der Waals surface area contributed by atoms with Crippen LogP contribution in [0.4, 0.5) is 0 Å². The Labute approximate surface area is 151 Å². The molecule has 0 N–H and O–H groups in total. The van der Waals surface area contributed by atoms with Gasteiger partial charge in [-0.15, -0.1) is 5.10 Å². The number of likely N-dealkylation sites (tertiary alicyclic amines) is 1. The van der Waals surface area contributed by atoms with Gasteiger partial charge in [0.05, 0.1) is 11.7 Å². The number of hydrogen-bond acceptors (Lipinski definition) is 3. The molecule has 0 unspecified atom stereocenters. The summed E-state index contributed by atoms with van der Waals surface area (Å²) in [4.78, 5) is 2.75. The van der Waals surface area contributed by atoms with Crippen LogP contribution in [0.3, 0.4) is 0 Å². The van der Waals surface area contributed by atoms with Crippen LogP contribution in [0.1, 0.15) is 68.7 Å². The smallest absolute Gasteiger partial charge is 0.0870 e. The van der Waals surface area contributed by atoms with Crippen LogP contribution in [0.15, 0.2) is 36.5 Å². The van der Waals surface area contributed by atoms with Gasteiger partial charge in [-0.05, 0) is 31.2 Å². The molecule has 4 nitrogen and oxygen atoms in total. The molecular weight excluding hydrogens is 308 g/mol. The van der Waals surface area contributed by atoms with Crippen LogP contribution in [0, 0.1) is 0 Å². The molecule has 2 aromatic rings. The van der Waals surface area contributed by atoms with Gasteiger partial charge in [0.25, 0.3) is 0 Å². The van der Waals surface area contributed by atoms with Gasteiger partial charge in [-0.3, -0.25) is 0 Å². The van der Waals surface area contributed by atoms with Crippen LogP contribution in [0.25, 0.3) is 0 Å². The Morgan fingerprint density at radius 2 is 1.56 bits per heavy atom. The predicted molar refractivity (Wildman–Crippen MR) is 101 cm³/mol. The molecule has 0 bridgehead atoms. The fourth-order valence-electron chi connectivity index (χ4n) is 4.52. The first-order valence-corrected chi connectivity index (χ1v) is 10.1. The molecule has 0 atom stereocenters. The fourth-order valence-corrected chi connectivity index (χ4v) is 4.52. The van der Waals surface area contributed by atoms with Gasteiger partial charge in [-0.1, -0.05) is 61.2 Å². The normalized spacial score (nSPS) is 21.3. The lowest BCUT2D eigenvalue weighted by molar-refractivity contribution is 0.119. The minimum absolute atomic E-state index is 0.527. The average molecular weight is 338 g/mol. The topological polar surface area (TPSA) is 34.0 Å². The van der Waals surface area contributed by atoms with E-state index in [9.17, 15) is 0 Å². The second-order valence-corrected chi connectivity index (χ2v) is 7.76. The average Bonchev–Trinajstić information content (AvgIpc) is 2.95. The number of nitrogens with zero attached hydrogens (tertiary/aromatic N) is 4. The van der Waals surface area contributed by atoms with Gasteiger partial charge in [0.15, 0.2) is 0 Å². The Kier molecular flexibility index (Phi) is 5.46. The third-order valence-corrected chi connectivity index (χ3v) is 6.00. The highest BCUT2D eigenvalue weighted by atomic mass is 15.4.